The zero-order chi connectivity index (χ0) is 16.4. The first-order valence-corrected chi connectivity index (χ1v) is 8.46. The van der Waals surface area contributed by atoms with Gasteiger partial charge in [-0.2, -0.15) is 0 Å². The molecule has 1 rings (SSSR count). The normalized spacial score (nSPS) is 10.6. The first-order chi connectivity index (χ1) is 10.6. The molecule has 22 heavy (non-hydrogen) atoms. The van der Waals surface area contributed by atoms with Crippen LogP contribution in [0.25, 0.3) is 0 Å². The van der Waals surface area contributed by atoms with E-state index in [4.69, 9.17) is 15.6 Å². The Hall–Kier alpha value is -1.54. The van der Waals surface area contributed by atoms with Crippen molar-refractivity contribution in [2.24, 2.45) is 5.73 Å². The van der Waals surface area contributed by atoms with Crippen molar-refractivity contribution >= 4 is 29.7 Å². The molecular formula is C14H23BN2O4S. The Morgan fingerprint density at radius 1 is 1.23 bits per heavy atom. The average molecular weight is 326 g/mol. The number of nitrogens with one attached hydrogen (secondary N) is 1. The van der Waals surface area contributed by atoms with Gasteiger partial charge in [-0.25, -0.2) is 0 Å². The molecule has 122 valence electrons. The van der Waals surface area contributed by atoms with E-state index in [9.17, 15) is 8.42 Å². The maximum absolute atomic E-state index is 10.8. The van der Waals surface area contributed by atoms with Crippen LogP contribution in [0.4, 0.5) is 5.69 Å². The van der Waals surface area contributed by atoms with Gasteiger partial charge in [0.05, 0.1) is 0 Å². The number of nitrogens with two attached hydrogens (primary N) is 1. The topological polar surface area (TPSA) is 102 Å². The predicted molar refractivity (Wildman–Crippen MR) is 91.5 cm³/mol. The molecular weight excluding hydrogens is 303 g/mol. The van der Waals surface area contributed by atoms with Crippen molar-refractivity contribution in [3.8, 4) is 5.75 Å². The molecule has 0 fully saturated rings. The van der Waals surface area contributed by atoms with Crippen molar-refractivity contribution in [1.82, 2.24) is 0 Å². The Labute approximate surface area is 133 Å². The van der Waals surface area contributed by atoms with Gasteiger partial charge in [-0.1, -0.05) is 0 Å². The first-order valence-electron chi connectivity index (χ1n) is 7.28. The van der Waals surface area contributed by atoms with E-state index in [1.807, 2.05) is 0 Å². The Morgan fingerprint density at radius 3 is 2.55 bits per heavy atom. The predicted octanol–water partition coefficient (Wildman–Crippen LogP) is 0.284. The molecule has 6 nitrogen and oxygen atoms in total. The van der Waals surface area contributed by atoms with Gasteiger partial charge >= 0.3 is 133 Å². The molecule has 0 aliphatic carbocycles. The van der Waals surface area contributed by atoms with Gasteiger partial charge < -0.3 is 0 Å². The molecule has 0 heterocycles. The van der Waals surface area contributed by atoms with Gasteiger partial charge in [0.15, 0.2) is 0 Å². The van der Waals surface area contributed by atoms with Crippen LogP contribution in [0.1, 0.15) is 37.7 Å². The molecule has 0 radical (unpaired) electrons. The van der Waals surface area contributed by atoms with E-state index >= 15 is 0 Å². The second-order valence-corrected chi connectivity index (χ2v) is 5.65. The van der Waals surface area contributed by atoms with Gasteiger partial charge in [0.1, 0.15) is 0 Å². The third kappa shape index (κ3) is 6.49. The Balaban J connectivity index is 2.60. The van der Waals surface area contributed by atoms with Gasteiger partial charge in [-0.3, -0.25) is 0 Å². The summed E-state index contributed by atoms with van der Waals surface area (Å²) in [6.45, 7) is 0.757. The van der Waals surface area contributed by atoms with E-state index in [-0.39, 0.29) is 12.2 Å². The number of aliphatic hydroxyl groups is 1. The molecule has 0 spiro atoms. The van der Waals surface area contributed by atoms with E-state index in [1.165, 1.54) is 0 Å². The zero-order valence-electron chi connectivity index (χ0n) is 12.6. The van der Waals surface area contributed by atoms with Crippen molar-refractivity contribution in [3.05, 3.63) is 23.8 Å². The van der Waals surface area contributed by atoms with E-state index in [2.05, 4.69) is 12.2 Å². The standard InChI is InChI=1S/C14H23BN2O4S/c15-14(16)13-11(17-22(19)20)7-6-8-12(13)21-10-5-3-1-2-4-9-18/h6-8,15,18,22H,1-5,9-10,16H2,(H,17,19,20). The summed E-state index contributed by atoms with van der Waals surface area (Å²) in [5, 5.41) is 8.69. The van der Waals surface area contributed by atoms with Crippen molar-refractivity contribution < 1.29 is 18.3 Å². The number of rotatable bonds is 11. The minimum absolute atomic E-state index is 0.236. The summed E-state index contributed by atoms with van der Waals surface area (Å²) in [5.74, 6) is 0.518. The summed E-state index contributed by atoms with van der Waals surface area (Å²) < 4.78 is 29.7. The van der Waals surface area contributed by atoms with E-state index < -0.39 is 10.9 Å². The SMILES string of the molecule is B=C(N)c1c(N[SH](=O)=O)cccc1OCCCCCCCO. The molecule has 1 aromatic carbocycles. The summed E-state index contributed by atoms with van der Waals surface area (Å²) in [5.41, 5.74) is 6.83. The number of aliphatic hydroxyl groups excluding tert-OH is 1. The fourth-order valence-corrected chi connectivity index (χ4v) is 2.48. The molecule has 0 aliphatic heterocycles. The van der Waals surface area contributed by atoms with Crippen molar-refractivity contribution in [2.45, 2.75) is 32.1 Å². The number of hydrogen-bond donors (Lipinski definition) is 4. The first kappa shape index (κ1) is 18.5. The van der Waals surface area contributed by atoms with Crippen molar-refractivity contribution in [1.29, 1.82) is 0 Å². The monoisotopic (exact) mass is 326 g/mol. The zero-order valence-corrected chi connectivity index (χ0v) is 13.5. The second-order valence-electron chi connectivity index (χ2n) is 4.91. The summed E-state index contributed by atoms with van der Waals surface area (Å²) in [6, 6.07) is 5.05. The Bertz CT molecular complexity index is 556. The Kier molecular flexibility index (Phi) is 8.61. The fraction of sp³-hybridized carbons (Fsp3) is 0.500. The second kappa shape index (κ2) is 10.2. The van der Waals surface area contributed by atoms with Crippen LogP contribution in [-0.4, -0.2) is 39.8 Å². The van der Waals surface area contributed by atoms with Gasteiger partial charge in [0.2, 0.25) is 0 Å². The summed E-state index contributed by atoms with van der Waals surface area (Å²) in [7, 11) is 0.892. The number of hydrogen-bond acceptors (Lipinski definition) is 5. The van der Waals surface area contributed by atoms with Crippen LogP contribution in [0.15, 0.2) is 18.2 Å². The van der Waals surface area contributed by atoms with E-state index in [0.717, 1.165) is 32.1 Å². The molecule has 0 bridgehead atoms. The van der Waals surface area contributed by atoms with Crippen LogP contribution in [0, 0.1) is 0 Å². The molecule has 0 aromatic heterocycles. The van der Waals surface area contributed by atoms with Crippen LogP contribution in [-0.2, 0) is 10.9 Å². The summed E-state index contributed by atoms with van der Waals surface area (Å²) in [6.07, 6.45) is 4.80. The van der Waals surface area contributed by atoms with Crippen LogP contribution in [0.5, 0.6) is 5.75 Å². The van der Waals surface area contributed by atoms with E-state index in [0.29, 0.717) is 23.6 Å². The third-order valence-corrected chi connectivity index (χ3v) is 3.54. The number of thiol groups is 1. The third-order valence-electron chi connectivity index (χ3n) is 3.12. The molecule has 0 amide bonds. The molecule has 0 aliphatic rings. The maximum atomic E-state index is 10.8. The van der Waals surface area contributed by atoms with Crippen LogP contribution in [0.2, 0.25) is 0 Å². The van der Waals surface area contributed by atoms with Crippen LogP contribution < -0.4 is 15.2 Å². The number of ether oxygens (including phenoxy) is 1. The molecule has 0 atom stereocenters. The summed E-state index contributed by atoms with van der Waals surface area (Å²) >= 11 is 0. The van der Waals surface area contributed by atoms with Gasteiger partial charge in [0, 0.05) is 0 Å². The molecule has 4 N–H and O–H groups in total. The van der Waals surface area contributed by atoms with Gasteiger partial charge in [0.25, 0.3) is 0 Å². The van der Waals surface area contributed by atoms with Crippen molar-refractivity contribution in [2.75, 3.05) is 17.9 Å². The van der Waals surface area contributed by atoms with Crippen LogP contribution >= 0.6 is 0 Å². The van der Waals surface area contributed by atoms with Gasteiger partial charge in [-0.05, 0) is 0 Å². The fourth-order valence-electron chi connectivity index (χ4n) is 2.10. The van der Waals surface area contributed by atoms with Crippen molar-refractivity contribution in [3.63, 3.8) is 0 Å². The van der Waals surface area contributed by atoms with E-state index in [1.54, 1.807) is 18.2 Å². The average Bonchev–Trinajstić information content (AvgIpc) is 2.45. The molecule has 0 saturated carbocycles. The number of unbranched alkanes of at least 4 members (excludes halogenated alkanes) is 4. The number of anilines is 1. The number of benzene rings is 1. The van der Waals surface area contributed by atoms with Crippen LogP contribution in [0.3, 0.4) is 0 Å². The molecule has 8 heteroatoms. The van der Waals surface area contributed by atoms with Gasteiger partial charge in [-0.15, -0.1) is 0 Å². The summed E-state index contributed by atoms with van der Waals surface area (Å²) in [4.78, 5) is 0. The molecule has 0 unspecified atom stereocenters. The minimum atomic E-state index is -2.78. The Morgan fingerprint density at radius 2 is 1.91 bits per heavy atom. The molecule has 1 aromatic rings. The molecule has 0 saturated heterocycles. The quantitative estimate of drug-likeness (QED) is 0.266.